The number of halogens is 1. The average Bonchev–Trinajstić information content (AvgIpc) is 2.86. The Morgan fingerprint density at radius 1 is 1.20 bits per heavy atom. The van der Waals surface area contributed by atoms with Gasteiger partial charge in [0, 0.05) is 51.3 Å². The van der Waals surface area contributed by atoms with Gasteiger partial charge in [-0.05, 0) is 37.4 Å². The lowest BCUT2D eigenvalue weighted by atomic mass is 10.1. The molecule has 3 heterocycles. The number of benzene rings is 1. The first-order valence-corrected chi connectivity index (χ1v) is 11.5. The molecule has 11 heteroatoms. The molecule has 1 aromatic carbocycles. The van der Waals surface area contributed by atoms with Crippen LogP contribution in [0.15, 0.2) is 35.1 Å². The lowest BCUT2D eigenvalue weighted by Crippen LogP contribution is -2.45. The number of aryl methyl sites for hydroxylation is 1. The number of nitrogens with zero attached hydrogens (tertiary/aromatic N) is 5. The van der Waals surface area contributed by atoms with Crippen molar-refractivity contribution >= 4 is 45.7 Å². The maximum atomic E-state index is 12.6. The van der Waals surface area contributed by atoms with Crippen molar-refractivity contribution in [1.29, 1.82) is 5.26 Å². The molecule has 4 rings (SSSR count). The number of piperazine rings is 1. The Morgan fingerprint density at radius 3 is 2.63 bits per heavy atom. The molecule has 1 saturated heterocycles. The number of likely N-dealkylation sites (N-methyl/N-ethyl adjacent to an activating group) is 2. The SMILES string of the molecule is CNC(=O)COc1cc2cc(Nc3nc(N4CCN(C)CC4)c(C#N)cc3Cl)ccc2n(C)c1=O. The Kier molecular flexibility index (Phi) is 7.10. The number of pyridine rings is 2. The highest BCUT2D eigenvalue weighted by atomic mass is 35.5. The van der Waals surface area contributed by atoms with E-state index in [1.165, 1.54) is 11.6 Å². The summed E-state index contributed by atoms with van der Waals surface area (Å²) in [4.78, 5) is 33.1. The molecule has 0 aliphatic carbocycles. The number of ether oxygens (including phenoxy) is 1. The van der Waals surface area contributed by atoms with Crippen LogP contribution >= 0.6 is 11.6 Å². The summed E-state index contributed by atoms with van der Waals surface area (Å²) in [6, 6.07) is 10.9. The van der Waals surface area contributed by atoms with E-state index < -0.39 is 0 Å². The second-order valence-corrected chi connectivity index (χ2v) is 8.73. The van der Waals surface area contributed by atoms with E-state index in [1.807, 2.05) is 12.1 Å². The first-order chi connectivity index (χ1) is 16.8. The molecule has 1 aliphatic rings. The van der Waals surface area contributed by atoms with Gasteiger partial charge in [0.05, 0.1) is 16.1 Å². The Labute approximate surface area is 207 Å². The predicted molar refractivity (Wildman–Crippen MR) is 136 cm³/mol. The van der Waals surface area contributed by atoms with Crippen LogP contribution in [0.4, 0.5) is 17.3 Å². The quantitative estimate of drug-likeness (QED) is 0.534. The molecule has 0 radical (unpaired) electrons. The molecule has 0 spiro atoms. The second kappa shape index (κ2) is 10.2. The number of carbonyl (C=O) groups excluding carboxylic acids is 1. The van der Waals surface area contributed by atoms with Crippen LogP contribution in [-0.4, -0.2) is 67.2 Å². The number of fused-ring (bicyclic) bond motifs is 1. The smallest absolute Gasteiger partial charge is 0.293 e. The summed E-state index contributed by atoms with van der Waals surface area (Å²) >= 11 is 6.46. The molecule has 2 N–H and O–H groups in total. The number of nitrogens with one attached hydrogen (secondary N) is 2. The van der Waals surface area contributed by atoms with Crippen LogP contribution < -0.4 is 25.8 Å². The fourth-order valence-electron chi connectivity index (χ4n) is 3.89. The van der Waals surface area contributed by atoms with E-state index in [2.05, 4.69) is 33.6 Å². The van der Waals surface area contributed by atoms with Gasteiger partial charge in [-0.1, -0.05) is 11.6 Å². The highest BCUT2D eigenvalue weighted by Gasteiger charge is 2.21. The minimum atomic E-state index is -0.337. The van der Waals surface area contributed by atoms with Gasteiger partial charge in [0.15, 0.2) is 18.2 Å². The molecule has 2 aromatic heterocycles. The van der Waals surface area contributed by atoms with Crippen molar-refractivity contribution in [2.45, 2.75) is 0 Å². The van der Waals surface area contributed by atoms with E-state index in [4.69, 9.17) is 21.3 Å². The number of hydrogen-bond donors (Lipinski definition) is 2. The number of carbonyl (C=O) groups is 1. The maximum absolute atomic E-state index is 12.6. The fraction of sp³-hybridized carbons (Fsp3) is 0.333. The van der Waals surface area contributed by atoms with Crippen LogP contribution in [0.25, 0.3) is 10.9 Å². The summed E-state index contributed by atoms with van der Waals surface area (Å²) in [7, 11) is 5.21. The molecular formula is C24H26ClN7O3. The summed E-state index contributed by atoms with van der Waals surface area (Å²) in [5.41, 5.74) is 1.48. The van der Waals surface area contributed by atoms with Crippen LogP contribution in [0.2, 0.25) is 5.02 Å². The Morgan fingerprint density at radius 2 is 1.94 bits per heavy atom. The molecule has 0 atom stereocenters. The van der Waals surface area contributed by atoms with E-state index in [9.17, 15) is 14.9 Å². The fourth-order valence-corrected chi connectivity index (χ4v) is 4.09. The van der Waals surface area contributed by atoms with Crippen molar-refractivity contribution in [3.8, 4) is 11.8 Å². The van der Waals surface area contributed by atoms with Gasteiger partial charge >= 0.3 is 0 Å². The summed E-state index contributed by atoms with van der Waals surface area (Å²) < 4.78 is 6.90. The molecule has 0 saturated carbocycles. The molecule has 182 valence electrons. The van der Waals surface area contributed by atoms with Gasteiger partial charge in [-0.2, -0.15) is 5.26 Å². The van der Waals surface area contributed by atoms with Crippen molar-refractivity contribution in [2.24, 2.45) is 7.05 Å². The van der Waals surface area contributed by atoms with Gasteiger partial charge < -0.3 is 29.7 Å². The zero-order chi connectivity index (χ0) is 25.1. The molecule has 0 bridgehead atoms. The number of anilines is 3. The number of amides is 1. The highest BCUT2D eigenvalue weighted by molar-refractivity contribution is 6.33. The highest BCUT2D eigenvalue weighted by Crippen LogP contribution is 2.31. The van der Waals surface area contributed by atoms with E-state index in [1.54, 1.807) is 25.2 Å². The van der Waals surface area contributed by atoms with Crippen LogP contribution in [0.1, 0.15) is 5.56 Å². The second-order valence-electron chi connectivity index (χ2n) is 8.33. The van der Waals surface area contributed by atoms with Gasteiger partial charge in [0.1, 0.15) is 11.9 Å². The Balaban J connectivity index is 1.66. The molecule has 1 fully saturated rings. The minimum Gasteiger partial charge on any atom is -0.478 e. The number of aromatic nitrogens is 2. The van der Waals surface area contributed by atoms with Crippen molar-refractivity contribution in [1.82, 2.24) is 19.8 Å². The topological polar surface area (TPSA) is 116 Å². The molecular weight excluding hydrogens is 470 g/mol. The third-order valence-corrected chi connectivity index (χ3v) is 6.26. The standard InChI is InChI=1S/C24H26ClN7O3/c1-27-21(33)14-35-20-12-15-10-17(4-5-19(15)31(3)24(20)34)28-22-18(25)11-16(13-26)23(29-22)32-8-6-30(2)7-9-32/h4-5,10-12H,6-9,14H2,1-3H3,(H,27,33)(H,28,29). The molecule has 0 unspecified atom stereocenters. The van der Waals surface area contributed by atoms with Crippen molar-refractivity contribution in [3.63, 3.8) is 0 Å². The first-order valence-electron chi connectivity index (χ1n) is 11.1. The molecule has 3 aromatic rings. The van der Waals surface area contributed by atoms with E-state index >= 15 is 0 Å². The monoisotopic (exact) mass is 495 g/mol. The maximum Gasteiger partial charge on any atom is 0.293 e. The Hall–Kier alpha value is -3.81. The zero-order valence-corrected chi connectivity index (χ0v) is 20.5. The van der Waals surface area contributed by atoms with Crippen LogP contribution in [0.3, 0.4) is 0 Å². The average molecular weight is 496 g/mol. The number of hydrogen-bond acceptors (Lipinski definition) is 8. The normalized spacial score (nSPS) is 14.0. The van der Waals surface area contributed by atoms with Crippen LogP contribution in [0.5, 0.6) is 5.75 Å². The van der Waals surface area contributed by atoms with Crippen molar-refractivity contribution in [3.05, 3.63) is 51.3 Å². The summed E-state index contributed by atoms with van der Waals surface area (Å²) in [5, 5.41) is 16.4. The number of nitriles is 1. The third-order valence-electron chi connectivity index (χ3n) is 5.97. The summed E-state index contributed by atoms with van der Waals surface area (Å²) in [6.45, 7) is 3.04. The van der Waals surface area contributed by atoms with E-state index in [0.717, 1.165) is 31.6 Å². The van der Waals surface area contributed by atoms with E-state index in [0.29, 0.717) is 33.4 Å². The largest absolute Gasteiger partial charge is 0.478 e. The summed E-state index contributed by atoms with van der Waals surface area (Å²) in [5.74, 6) is 0.772. The lowest BCUT2D eigenvalue weighted by Gasteiger charge is -2.33. The Bertz CT molecular complexity index is 1370. The van der Waals surface area contributed by atoms with Crippen molar-refractivity contribution in [2.75, 3.05) is 57.1 Å². The molecule has 10 nitrogen and oxygen atoms in total. The van der Waals surface area contributed by atoms with Gasteiger partial charge in [0.25, 0.3) is 11.5 Å². The van der Waals surface area contributed by atoms with Crippen LogP contribution in [0, 0.1) is 11.3 Å². The van der Waals surface area contributed by atoms with E-state index in [-0.39, 0.29) is 23.8 Å². The van der Waals surface area contributed by atoms with Crippen molar-refractivity contribution < 1.29 is 9.53 Å². The number of rotatable bonds is 6. The molecule has 1 aliphatic heterocycles. The van der Waals surface area contributed by atoms with Gasteiger partial charge in [-0.25, -0.2) is 4.98 Å². The minimum absolute atomic E-state index is 0.0765. The third kappa shape index (κ3) is 5.16. The van der Waals surface area contributed by atoms with Crippen LogP contribution in [-0.2, 0) is 11.8 Å². The van der Waals surface area contributed by atoms with Gasteiger partial charge in [-0.15, -0.1) is 0 Å². The van der Waals surface area contributed by atoms with Gasteiger partial charge in [0.2, 0.25) is 0 Å². The predicted octanol–water partition coefficient (Wildman–Crippen LogP) is 2.08. The summed E-state index contributed by atoms with van der Waals surface area (Å²) in [6.07, 6.45) is 0. The molecule has 1 amide bonds. The zero-order valence-electron chi connectivity index (χ0n) is 19.8. The first kappa shape index (κ1) is 24.3. The van der Waals surface area contributed by atoms with Gasteiger partial charge in [-0.3, -0.25) is 9.59 Å². The lowest BCUT2D eigenvalue weighted by molar-refractivity contribution is -0.122. The molecule has 35 heavy (non-hydrogen) atoms.